The fourth-order valence-electron chi connectivity index (χ4n) is 6.73. The van der Waals surface area contributed by atoms with Crippen molar-refractivity contribution in [2.75, 3.05) is 31.6 Å². The highest BCUT2D eigenvalue weighted by atomic mass is 35.6. The number of amides is 1. The summed E-state index contributed by atoms with van der Waals surface area (Å²) >= 11 is 75.0. The van der Waals surface area contributed by atoms with E-state index in [1.54, 1.807) is 42.5 Å². The van der Waals surface area contributed by atoms with Crippen molar-refractivity contribution in [1.82, 2.24) is 0 Å². The van der Waals surface area contributed by atoms with Gasteiger partial charge in [-0.15, -0.1) is 23.2 Å². The van der Waals surface area contributed by atoms with Crippen molar-refractivity contribution in [3.8, 4) is 17.2 Å². The lowest BCUT2D eigenvalue weighted by Gasteiger charge is -2.19. The smallest absolute Gasteiger partial charge is 0.411 e. The van der Waals surface area contributed by atoms with Crippen LogP contribution in [0.3, 0.4) is 0 Å². The molecule has 2 atom stereocenters. The van der Waals surface area contributed by atoms with Crippen molar-refractivity contribution in [1.29, 1.82) is 0 Å². The third-order valence-corrected chi connectivity index (χ3v) is 16.1. The summed E-state index contributed by atoms with van der Waals surface area (Å²) in [4.78, 5) is 20.4. The predicted octanol–water partition coefficient (Wildman–Crippen LogP) is 20.8. The molecule has 424 valence electrons. The number of carbonyl (C=O) groups excluding carboxylic acids is 1. The maximum Gasteiger partial charge on any atom is 0.411 e. The second-order valence-electron chi connectivity index (χ2n) is 16.6. The summed E-state index contributed by atoms with van der Waals surface area (Å²) in [6, 6.07) is 35.5. The molecule has 0 aliphatic carbocycles. The number of unbranched alkanes of at least 4 members (excludes halogenated alkanes) is 5. The fraction of sp³-hybridized carbons (Fsp3) is 0.309. The highest BCUT2D eigenvalue weighted by molar-refractivity contribution is 7.85. The van der Waals surface area contributed by atoms with Crippen LogP contribution in [0.5, 0.6) is 17.2 Å². The van der Waals surface area contributed by atoms with Gasteiger partial charge in [0.25, 0.3) is 0 Å². The van der Waals surface area contributed by atoms with Crippen LogP contribution in [0.1, 0.15) is 80.5 Å². The largest absolute Gasteiger partial charge is 0.480 e. The first-order chi connectivity index (χ1) is 36.9. The Morgan fingerprint density at radius 1 is 0.667 bits per heavy atom. The number of carboxylic acids is 1. The molecule has 0 radical (unpaired) electrons. The number of hydrogen-bond donors (Lipinski definition) is 2. The SMILES string of the molecule is CCCCCCCCS(=O)C(C)Cc1ccc2c(c1)OCO2.COC(=O)Nc1ccc(Cl)c(Cl)c1.Clc1ccc(C(c2ccc(Cl)cc2)C(Cl)Cl)cc1.Clc1ccccc1C(Cl)(Cl)Cl.O=C(O)COc1cc(Cl)c(Cl)cc1Cl. The molecule has 2 unspecified atom stereocenters. The maximum absolute atomic E-state index is 12.3. The first kappa shape index (κ1) is 69.6. The molecule has 78 heavy (non-hydrogen) atoms. The lowest BCUT2D eigenvalue weighted by atomic mass is 9.93. The van der Waals surface area contributed by atoms with Crippen molar-refractivity contribution in [3.05, 3.63) is 184 Å². The number of carboxylic acid groups (broad SMARTS) is 1. The van der Waals surface area contributed by atoms with Crippen LogP contribution in [-0.2, 0) is 30.5 Å². The van der Waals surface area contributed by atoms with Crippen LogP contribution < -0.4 is 19.5 Å². The van der Waals surface area contributed by atoms with Crippen molar-refractivity contribution in [2.45, 2.75) is 78.6 Å². The van der Waals surface area contributed by atoms with Crippen LogP contribution in [0.2, 0.25) is 40.2 Å². The Labute approximate surface area is 523 Å². The summed E-state index contributed by atoms with van der Waals surface area (Å²) in [6.45, 7) is 4.14. The number of ether oxygens (including phenoxy) is 4. The molecule has 23 heteroatoms. The van der Waals surface area contributed by atoms with Gasteiger partial charge in [0.2, 0.25) is 10.6 Å². The van der Waals surface area contributed by atoms with Crippen molar-refractivity contribution < 1.29 is 37.9 Å². The lowest BCUT2D eigenvalue weighted by molar-refractivity contribution is -0.139. The van der Waals surface area contributed by atoms with Gasteiger partial charge in [-0.2, -0.15) is 0 Å². The van der Waals surface area contributed by atoms with E-state index in [4.69, 9.17) is 170 Å². The van der Waals surface area contributed by atoms with Gasteiger partial charge in [-0.05, 0) is 96.3 Å². The zero-order valence-corrected chi connectivity index (χ0v) is 52.6. The Morgan fingerprint density at radius 3 is 1.77 bits per heavy atom. The summed E-state index contributed by atoms with van der Waals surface area (Å²) in [7, 11) is 0.542. The number of alkyl halides is 5. The Bertz CT molecular complexity index is 2780. The molecule has 0 saturated heterocycles. The molecule has 0 aromatic heterocycles. The molecule has 0 spiro atoms. The second kappa shape index (κ2) is 36.8. The van der Waals surface area contributed by atoms with E-state index in [2.05, 4.69) is 23.9 Å². The van der Waals surface area contributed by atoms with Gasteiger partial charge in [-0.1, -0.05) is 222 Å². The number of rotatable bonds is 17. The number of halogens is 13. The summed E-state index contributed by atoms with van der Waals surface area (Å²) in [5.41, 5.74) is 4.27. The van der Waals surface area contributed by atoms with Crippen molar-refractivity contribution in [3.63, 3.8) is 0 Å². The molecule has 6 aromatic rings. The normalized spacial score (nSPS) is 12.0. The van der Waals surface area contributed by atoms with E-state index >= 15 is 0 Å². The average molecular weight is 1350 g/mol. The van der Waals surface area contributed by atoms with E-state index in [1.807, 2.05) is 66.7 Å². The van der Waals surface area contributed by atoms with Crippen LogP contribution in [-0.4, -0.2) is 57.7 Å². The molecule has 1 aliphatic rings. The van der Waals surface area contributed by atoms with Crippen LogP contribution in [0.15, 0.2) is 121 Å². The summed E-state index contributed by atoms with van der Waals surface area (Å²) in [5.74, 6) is 1.46. The molecule has 1 amide bonds. The van der Waals surface area contributed by atoms with E-state index in [0.29, 0.717) is 48.2 Å². The van der Waals surface area contributed by atoms with E-state index in [0.717, 1.165) is 41.2 Å². The minimum Gasteiger partial charge on any atom is -0.480 e. The van der Waals surface area contributed by atoms with Crippen LogP contribution in [0.25, 0.3) is 0 Å². The molecular weight excluding hydrogens is 1300 g/mol. The highest BCUT2D eigenvalue weighted by Crippen LogP contribution is 2.42. The zero-order chi connectivity index (χ0) is 58.0. The van der Waals surface area contributed by atoms with Gasteiger partial charge in [0, 0.05) is 60.1 Å². The Hall–Kier alpha value is -2.62. The summed E-state index contributed by atoms with van der Waals surface area (Å²) in [6.07, 6.45) is 7.78. The number of aliphatic carboxylic acids is 1. The third-order valence-electron chi connectivity index (χ3n) is 10.7. The summed E-state index contributed by atoms with van der Waals surface area (Å²) < 4.78 is 30.9. The van der Waals surface area contributed by atoms with Crippen LogP contribution in [0.4, 0.5) is 10.5 Å². The van der Waals surface area contributed by atoms with E-state index in [9.17, 15) is 13.8 Å². The lowest BCUT2D eigenvalue weighted by Crippen LogP contribution is -2.16. The van der Waals surface area contributed by atoms with Gasteiger partial charge in [0.15, 0.2) is 18.1 Å². The number of carbonyl (C=O) groups is 2. The minimum atomic E-state index is -1.43. The number of fused-ring (bicyclic) bond motifs is 1. The molecule has 9 nitrogen and oxygen atoms in total. The Morgan fingerprint density at radius 2 is 1.23 bits per heavy atom. The number of hydrogen-bond acceptors (Lipinski definition) is 7. The predicted molar refractivity (Wildman–Crippen MR) is 330 cm³/mol. The first-order valence-electron chi connectivity index (χ1n) is 23.6. The molecule has 0 bridgehead atoms. The van der Waals surface area contributed by atoms with E-state index < -0.39 is 38.1 Å². The topological polar surface area (TPSA) is 120 Å². The van der Waals surface area contributed by atoms with Crippen LogP contribution in [0, 0.1) is 0 Å². The molecule has 1 heterocycles. The summed E-state index contributed by atoms with van der Waals surface area (Å²) in [5, 5.41) is 14.5. The second-order valence-corrected chi connectivity index (χ2v) is 25.3. The molecule has 7 rings (SSSR count). The molecular formula is C55H54Cl13NO8S. The van der Waals surface area contributed by atoms with Gasteiger partial charge < -0.3 is 24.1 Å². The fourth-order valence-corrected chi connectivity index (χ4v) is 10.6. The van der Waals surface area contributed by atoms with Gasteiger partial charge in [0.05, 0.1) is 32.2 Å². The highest BCUT2D eigenvalue weighted by Gasteiger charge is 2.25. The van der Waals surface area contributed by atoms with Gasteiger partial charge in [-0.25, -0.2) is 9.59 Å². The Balaban J connectivity index is 0.000000262. The molecule has 0 saturated carbocycles. The van der Waals surface area contributed by atoms with E-state index in [-0.39, 0.29) is 27.0 Å². The minimum absolute atomic E-state index is 0.0946. The number of methoxy groups -OCH3 is 1. The van der Waals surface area contributed by atoms with Crippen molar-refractivity contribution in [2.24, 2.45) is 0 Å². The number of benzene rings is 6. The monoisotopic (exact) mass is 1340 g/mol. The number of anilines is 1. The van der Waals surface area contributed by atoms with Gasteiger partial charge >= 0.3 is 12.1 Å². The Kier molecular flexibility index (Phi) is 32.8. The standard InChI is InChI=1S/C18H28O3S.C14H10Cl4.C8H5Cl3O3.C8H7Cl2NO2.C7H4Cl4/c1-3-4-5-6-7-8-11-22(19)15(2)12-16-9-10-17-18(13-16)21-14-20-17;15-11-5-1-9(2-6-11)13(14(17)18)10-3-7-12(16)8-4-10;9-4-1-6(11)7(2-5(4)10)14-3-8(12)13;1-13-8(12)11-5-2-3-6(9)7(10)4-5;8-6-4-2-1-3-5(6)7(9,10)11/h9-10,13,15H,3-8,11-12,14H2,1-2H3;1-8,13-14H;1-2H,3H2,(H,12,13);2-4H,1H3,(H,11,12);1-4H. The molecule has 6 aromatic carbocycles. The molecule has 2 N–H and O–H groups in total. The molecule has 1 aliphatic heterocycles. The average Bonchev–Trinajstić information content (AvgIpc) is 3.87. The first-order valence-corrected chi connectivity index (χ1v) is 30.0. The quantitative estimate of drug-likeness (QED) is 0.0526. The number of nitrogens with one attached hydrogen (secondary N) is 1. The maximum atomic E-state index is 12.3. The van der Waals surface area contributed by atoms with Crippen molar-refractivity contribution >= 4 is 179 Å². The third kappa shape index (κ3) is 26.1. The zero-order valence-electron chi connectivity index (χ0n) is 42.0. The van der Waals surface area contributed by atoms with Gasteiger partial charge in [0.1, 0.15) is 10.6 Å². The molecule has 0 fully saturated rings. The van der Waals surface area contributed by atoms with Gasteiger partial charge in [-0.3, -0.25) is 9.53 Å². The van der Waals surface area contributed by atoms with E-state index in [1.165, 1.54) is 56.9 Å². The van der Waals surface area contributed by atoms with Crippen LogP contribution >= 0.6 is 151 Å².